The molecule has 1 aliphatic rings. The van der Waals surface area contributed by atoms with E-state index in [0.717, 1.165) is 11.3 Å². The van der Waals surface area contributed by atoms with E-state index in [9.17, 15) is 9.18 Å². The summed E-state index contributed by atoms with van der Waals surface area (Å²) in [7, 11) is 2.91. The van der Waals surface area contributed by atoms with Gasteiger partial charge in [0.1, 0.15) is 0 Å². The molecule has 8 nitrogen and oxygen atoms in total. The molecule has 2 heterocycles. The third-order valence-electron chi connectivity index (χ3n) is 5.52. The Morgan fingerprint density at radius 3 is 2.65 bits per heavy atom. The van der Waals surface area contributed by atoms with Crippen molar-refractivity contribution >= 4 is 17.5 Å². The summed E-state index contributed by atoms with van der Waals surface area (Å²) in [5.41, 5.74) is 2.47. The molecule has 2 aromatic heterocycles. The third kappa shape index (κ3) is 4.65. The number of amides is 1. The monoisotopic (exact) mass is 424 g/mol. The molecule has 9 heteroatoms. The van der Waals surface area contributed by atoms with Gasteiger partial charge in [-0.2, -0.15) is 5.10 Å². The molecule has 0 spiro atoms. The first-order valence-corrected chi connectivity index (χ1v) is 10.3. The fourth-order valence-electron chi connectivity index (χ4n) is 3.47. The van der Waals surface area contributed by atoms with Gasteiger partial charge in [0.25, 0.3) is 5.91 Å². The maximum absolute atomic E-state index is 14.6. The van der Waals surface area contributed by atoms with Crippen LogP contribution in [0.5, 0.6) is 5.75 Å². The zero-order valence-electron chi connectivity index (χ0n) is 17.6. The lowest BCUT2D eigenvalue weighted by Gasteiger charge is -2.25. The minimum Gasteiger partial charge on any atom is -0.494 e. The predicted octanol–water partition coefficient (Wildman–Crippen LogP) is 3.43. The van der Waals surface area contributed by atoms with Crippen LogP contribution >= 0.6 is 0 Å². The van der Waals surface area contributed by atoms with Crippen LogP contribution in [0.4, 0.5) is 16.0 Å². The van der Waals surface area contributed by atoms with Crippen LogP contribution in [0.15, 0.2) is 36.9 Å². The molecule has 0 bridgehead atoms. The Kier molecular flexibility index (Phi) is 6.11. The number of nitrogens with one attached hydrogen (secondary N) is 2. The highest BCUT2D eigenvalue weighted by atomic mass is 19.1. The van der Waals surface area contributed by atoms with E-state index >= 15 is 0 Å². The molecule has 4 rings (SSSR count). The first kappa shape index (κ1) is 20.8. The molecule has 0 radical (unpaired) electrons. The lowest BCUT2D eigenvalue weighted by molar-refractivity contribution is 0.0962. The Morgan fingerprint density at radius 2 is 2.00 bits per heavy atom. The average Bonchev–Trinajstić information content (AvgIpc) is 3.19. The predicted molar refractivity (Wildman–Crippen MR) is 114 cm³/mol. The second-order valence-corrected chi connectivity index (χ2v) is 7.56. The largest absolute Gasteiger partial charge is 0.494 e. The van der Waals surface area contributed by atoms with Crippen molar-refractivity contribution in [3.8, 4) is 5.75 Å². The second kappa shape index (κ2) is 9.11. The summed E-state index contributed by atoms with van der Waals surface area (Å²) >= 11 is 0. The SMILES string of the molecule is CNC(=O)c1cc(CCc2cnc(Nc3cnn(C4CCC4)c3)nc2)c(F)c(OC)c1. The number of aromatic nitrogens is 4. The Hall–Kier alpha value is -3.49. The lowest BCUT2D eigenvalue weighted by atomic mass is 9.93. The minimum absolute atomic E-state index is 0.0503. The molecule has 0 aliphatic heterocycles. The summed E-state index contributed by atoms with van der Waals surface area (Å²) < 4.78 is 21.7. The fraction of sp³-hybridized carbons (Fsp3) is 0.364. The normalized spacial score (nSPS) is 13.5. The highest BCUT2D eigenvalue weighted by Crippen LogP contribution is 2.31. The molecule has 1 aliphatic carbocycles. The van der Waals surface area contributed by atoms with Crippen LogP contribution in [-0.4, -0.2) is 39.8 Å². The standard InChI is InChI=1S/C22H25FN6O2/c1-24-21(30)16-8-15(20(23)19(9-16)31-2)7-6-14-10-25-22(26-11-14)28-17-12-27-29(13-17)18-4-3-5-18/h8-13,18H,3-7H2,1-2H3,(H,24,30)(H,25,26,28). The summed E-state index contributed by atoms with van der Waals surface area (Å²) in [6.45, 7) is 0. The zero-order chi connectivity index (χ0) is 21.8. The average molecular weight is 424 g/mol. The van der Waals surface area contributed by atoms with Crippen molar-refractivity contribution < 1.29 is 13.9 Å². The van der Waals surface area contributed by atoms with Gasteiger partial charge in [0, 0.05) is 31.2 Å². The van der Waals surface area contributed by atoms with Gasteiger partial charge in [-0.15, -0.1) is 0 Å². The van der Waals surface area contributed by atoms with Crippen LogP contribution < -0.4 is 15.4 Å². The number of hydrogen-bond acceptors (Lipinski definition) is 6. The third-order valence-corrected chi connectivity index (χ3v) is 5.52. The highest BCUT2D eigenvalue weighted by Gasteiger charge is 2.20. The van der Waals surface area contributed by atoms with E-state index in [0.29, 0.717) is 36.0 Å². The van der Waals surface area contributed by atoms with E-state index in [1.54, 1.807) is 24.7 Å². The molecule has 31 heavy (non-hydrogen) atoms. The molecule has 0 unspecified atom stereocenters. The van der Waals surface area contributed by atoms with Crippen molar-refractivity contribution in [3.63, 3.8) is 0 Å². The van der Waals surface area contributed by atoms with E-state index in [4.69, 9.17) is 4.74 Å². The minimum atomic E-state index is -0.460. The number of benzene rings is 1. The van der Waals surface area contributed by atoms with Gasteiger partial charge >= 0.3 is 0 Å². The van der Waals surface area contributed by atoms with Crippen LogP contribution in [0, 0.1) is 5.82 Å². The molecule has 3 aromatic rings. The van der Waals surface area contributed by atoms with Crippen molar-refractivity contribution in [2.45, 2.75) is 38.1 Å². The lowest BCUT2D eigenvalue weighted by Crippen LogP contribution is -2.18. The number of carbonyl (C=O) groups is 1. The maximum Gasteiger partial charge on any atom is 0.251 e. The van der Waals surface area contributed by atoms with Crippen molar-refractivity contribution in [1.82, 2.24) is 25.1 Å². The summed E-state index contributed by atoms with van der Waals surface area (Å²) in [6, 6.07) is 3.45. The first-order valence-electron chi connectivity index (χ1n) is 10.3. The van der Waals surface area contributed by atoms with Crippen molar-refractivity contribution in [1.29, 1.82) is 0 Å². The molecule has 1 amide bonds. The number of aryl methyl sites for hydroxylation is 2. The van der Waals surface area contributed by atoms with Crippen LogP contribution in [-0.2, 0) is 12.8 Å². The highest BCUT2D eigenvalue weighted by molar-refractivity contribution is 5.94. The van der Waals surface area contributed by atoms with Crippen LogP contribution in [0.1, 0.15) is 46.8 Å². The van der Waals surface area contributed by atoms with Gasteiger partial charge in [0.15, 0.2) is 11.6 Å². The molecule has 0 saturated heterocycles. The number of halogens is 1. The van der Waals surface area contributed by atoms with Crippen molar-refractivity contribution in [3.05, 3.63) is 59.4 Å². The molecule has 1 fully saturated rings. The molecular weight excluding hydrogens is 399 g/mol. The van der Waals surface area contributed by atoms with Gasteiger partial charge in [0.2, 0.25) is 5.95 Å². The van der Waals surface area contributed by atoms with Gasteiger partial charge < -0.3 is 15.4 Å². The van der Waals surface area contributed by atoms with Gasteiger partial charge in [-0.05, 0) is 55.4 Å². The Labute approximate surface area is 179 Å². The van der Waals surface area contributed by atoms with E-state index in [1.807, 2.05) is 10.9 Å². The number of carbonyl (C=O) groups excluding carboxylic acids is 1. The van der Waals surface area contributed by atoms with E-state index in [1.165, 1.54) is 39.5 Å². The van der Waals surface area contributed by atoms with E-state index in [-0.39, 0.29) is 11.7 Å². The molecule has 0 atom stereocenters. The quantitative estimate of drug-likeness (QED) is 0.575. The number of rotatable bonds is 8. The number of nitrogens with zero attached hydrogens (tertiary/aromatic N) is 4. The van der Waals surface area contributed by atoms with E-state index < -0.39 is 5.82 Å². The summed E-state index contributed by atoms with van der Waals surface area (Å²) in [5.74, 6) is -0.225. The van der Waals surface area contributed by atoms with Crippen molar-refractivity contribution in [2.75, 3.05) is 19.5 Å². The van der Waals surface area contributed by atoms with Gasteiger partial charge in [-0.1, -0.05) is 0 Å². The maximum atomic E-state index is 14.6. The van der Waals surface area contributed by atoms with Crippen LogP contribution in [0.25, 0.3) is 0 Å². The smallest absolute Gasteiger partial charge is 0.251 e. The number of hydrogen-bond donors (Lipinski definition) is 2. The molecule has 162 valence electrons. The summed E-state index contributed by atoms with van der Waals surface area (Å²) in [6.07, 6.45) is 11.7. The topological polar surface area (TPSA) is 94.0 Å². The van der Waals surface area contributed by atoms with Gasteiger partial charge in [0.05, 0.1) is 25.0 Å². The number of anilines is 2. The number of ether oxygens (including phenoxy) is 1. The molecule has 2 N–H and O–H groups in total. The van der Waals surface area contributed by atoms with Crippen LogP contribution in [0.2, 0.25) is 0 Å². The van der Waals surface area contributed by atoms with Gasteiger partial charge in [-0.25, -0.2) is 14.4 Å². The molecule has 1 saturated carbocycles. The van der Waals surface area contributed by atoms with E-state index in [2.05, 4.69) is 25.7 Å². The fourth-order valence-corrected chi connectivity index (χ4v) is 3.47. The summed E-state index contributed by atoms with van der Waals surface area (Å²) in [4.78, 5) is 20.6. The Balaban J connectivity index is 1.40. The Bertz CT molecular complexity index is 1060. The first-order chi connectivity index (χ1) is 15.1. The summed E-state index contributed by atoms with van der Waals surface area (Å²) in [5, 5.41) is 10.1. The van der Waals surface area contributed by atoms with Crippen molar-refractivity contribution in [2.24, 2.45) is 0 Å². The zero-order valence-corrected chi connectivity index (χ0v) is 17.6. The molecule has 1 aromatic carbocycles. The number of methoxy groups -OCH3 is 1. The molecular formula is C22H25FN6O2. The van der Waals surface area contributed by atoms with Crippen LogP contribution in [0.3, 0.4) is 0 Å². The Morgan fingerprint density at radius 1 is 1.23 bits per heavy atom. The second-order valence-electron chi connectivity index (χ2n) is 7.56. The van der Waals surface area contributed by atoms with Gasteiger partial charge in [-0.3, -0.25) is 9.48 Å².